The molecule has 0 fully saturated rings. The molecule has 0 aliphatic heterocycles. The number of carbonyl (C=O) groups is 2. The second-order valence-corrected chi connectivity index (χ2v) is 4.91. The Morgan fingerprint density at radius 1 is 0.722 bits per heavy atom. The number of hydrogen-bond donors (Lipinski definition) is 0. The lowest BCUT2D eigenvalue weighted by molar-refractivity contribution is -0.116. The van der Waals surface area contributed by atoms with Crippen molar-refractivity contribution >= 4 is 11.6 Å². The maximum Gasteiger partial charge on any atom is 0.156 e. The van der Waals surface area contributed by atoms with Crippen molar-refractivity contribution in [2.75, 3.05) is 0 Å². The van der Waals surface area contributed by atoms with Crippen molar-refractivity contribution in [3.8, 4) is 0 Å². The summed E-state index contributed by atoms with van der Waals surface area (Å²) in [6.45, 7) is 8.03. The molecule has 2 heteroatoms. The Morgan fingerprint density at radius 2 is 1.06 bits per heavy atom. The van der Waals surface area contributed by atoms with E-state index in [-0.39, 0.29) is 11.6 Å². The fraction of sp³-hybridized carbons (Fsp3) is 0.500. The van der Waals surface area contributed by atoms with Gasteiger partial charge >= 0.3 is 0 Å². The van der Waals surface area contributed by atoms with E-state index in [9.17, 15) is 9.59 Å². The summed E-state index contributed by atoms with van der Waals surface area (Å²) in [5.74, 6) is 0.0335. The van der Waals surface area contributed by atoms with Gasteiger partial charge in [0.2, 0.25) is 0 Å². The quantitative estimate of drug-likeness (QED) is 0.477. The summed E-state index contributed by atoms with van der Waals surface area (Å²) in [6, 6.07) is 0. The highest BCUT2D eigenvalue weighted by Crippen LogP contribution is 2.01. The molecule has 100 valence electrons. The molecule has 0 amide bonds. The molecule has 0 rings (SSSR count). The van der Waals surface area contributed by atoms with E-state index in [1.807, 2.05) is 39.8 Å². The zero-order valence-electron chi connectivity index (χ0n) is 12.0. The van der Waals surface area contributed by atoms with E-state index >= 15 is 0 Å². The molecule has 0 N–H and O–H groups in total. The topological polar surface area (TPSA) is 34.1 Å². The van der Waals surface area contributed by atoms with Crippen LogP contribution in [0, 0.1) is 0 Å². The summed E-state index contributed by atoms with van der Waals surface area (Å²) < 4.78 is 0. The van der Waals surface area contributed by atoms with Gasteiger partial charge in [-0.3, -0.25) is 9.59 Å². The average molecular weight is 248 g/mol. The van der Waals surface area contributed by atoms with Gasteiger partial charge in [0, 0.05) is 12.8 Å². The molecule has 0 spiro atoms. The minimum absolute atomic E-state index is 0.0167. The zero-order chi connectivity index (χ0) is 14.0. The lowest BCUT2D eigenvalue weighted by atomic mass is 10.1. The van der Waals surface area contributed by atoms with Gasteiger partial charge in [-0.2, -0.15) is 0 Å². The molecule has 0 aromatic rings. The normalized spacial score (nSPS) is 10.2. The summed E-state index contributed by atoms with van der Waals surface area (Å²) in [5, 5.41) is 0. The molecule has 0 atom stereocenters. The second-order valence-electron chi connectivity index (χ2n) is 4.91. The summed E-state index contributed by atoms with van der Waals surface area (Å²) >= 11 is 0. The third-order valence-corrected chi connectivity index (χ3v) is 2.34. The van der Waals surface area contributed by atoms with Crippen LogP contribution in [-0.4, -0.2) is 11.6 Å². The van der Waals surface area contributed by atoms with Crippen molar-refractivity contribution in [2.45, 2.75) is 53.4 Å². The number of carbonyl (C=O) groups excluding carboxylic acids is 2. The molecule has 0 heterocycles. The SMILES string of the molecule is CC(C)=CCCC(=O)/C=C/C(=O)CCC=C(C)C. The summed E-state index contributed by atoms with van der Waals surface area (Å²) in [4.78, 5) is 22.9. The van der Waals surface area contributed by atoms with Crippen molar-refractivity contribution in [3.05, 3.63) is 35.5 Å². The fourth-order valence-electron chi connectivity index (χ4n) is 1.36. The van der Waals surface area contributed by atoms with Crippen molar-refractivity contribution in [2.24, 2.45) is 0 Å². The first-order valence-corrected chi connectivity index (χ1v) is 6.42. The fourth-order valence-corrected chi connectivity index (χ4v) is 1.36. The Hall–Kier alpha value is -1.44. The Kier molecular flexibility index (Phi) is 8.81. The Morgan fingerprint density at radius 3 is 1.33 bits per heavy atom. The molecule has 0 aromatic heterocycles. The van der Waals surface area contributed by atoms with Crippen molar-refractivity contribution in [1.82, 2.24) is 0 Å². The molecular formula is C16H24O2. The van der Waals surface area contributed by atoms with Gasteiger partial charge < -0.3 is 0 Å². The lowest BCUT2D eigenvalue weighted by Gasteiger charge is -1.94. The van der Waals surface area contributed by atoms with Crippen LogP contribution in [0.1, 0.15) is 53.4 Å². The molecule has 0 aliphatic carbocycles. The zero-order valence-corrected chi connectivity index (χ0v) is 12.0. The van der Waals surface area contributed by atoms with E-state index in [1.54, 1.807) is 0 Å². The maximum absolute atomic E-state index is 11.4. The Balaban J connectivity index is 3.92. The van der Waals surface area contributed by atoms with Crippen LogP contribution in [0.25, 0.3) is 0 Å². The number of ketones is 2. The van der Waals surface area contributed by atoms with Gasteiger partial charge in [0.1, 0.15) is 0 Å². The molecule has 18 heavy (non-hydrogen) atoms. The van der Waals surface area contributed by atoms with Gasteiger partial charge in [-0.1, -0.05) is 23.3 Å². The molecule has 0 saturated heterocycles. The third kappa shape index (κ3) is 11.1. The maximum atomic E-state index is 11.4. The summed E-state index contributed by atoms with van der Waals surface area (Å²) in [5.41, 5.74) is 2.43. The predicted molar refractivity (Wildman–Crippen MR) is 76.5 cm³/mol. The van der Waals surface area contributed by atoms with Gasteiger partial charge in [0.25, 0.3) is 0 Å². The van der Waals surface area contributed by atoms with E-state index < -0.39 is 0 Å². The van der Waals surface area contributed by atoms with Crippen LogP contribution in [0.2, 0.25) is 0 Å². The van der Waals surface area contributed by atoms with Crippen LogP contribution < -0.4 is 0 Å². The molecule has 0 aliphatic rings. The lowest BCUT2D eigenvalue weighted by Crippen LogP contribution is -1.96. The van der Waals surface area contributed by atoms with Crippen LogP contribution in [0.15, 0.2) is 35.5 Å². The summed E-state index contributed by atoms with van der Waals surface area (Å²) in [7, 11) is 0. The van der Waals surface area contributed by atoms with Gasteiger partial charge in [-0.25, -0.2) is 0 Å². The highest BCUT2D eigenvalue weighted by Gasteiger charge is 1.98. The van der Waals surface area contributed by atoms with Crippen LogP contribution in [0.5, 0.6) is 0 Å². The van der Waals surface area contributed by atoms with Crippen molar-refractivity contribution < 1.29 is 9.59 Å². The molecule has 0 bridgehead atoms. The number of hydrogen-bond acceptors (Lipinski definition) is 2. The molecule has 0 unspecified atom stereocenters. The largest absolute Gasteiger partial charge is 0.295 e. The summed E-state index contributed by atoms with van der Waals surface area (Å²) in [6.07, 6.45) is 9.32. The third-order valence-electron chi connectivity index (χ3n) is 2.34. The van der Waals surface area contributed by atoms with E-state index in [0.29, 0.717) is 12.8 Å². The predicted octanol–water partition coefficient (Wildman–Crippen LogP) is 4.17. The average Bonchev–Trinajstić information content (AvgIpc) is 2.25. The Bertz CT molecular complexity index is 327. The van der Waals surface area contributed by atoms with E-state index in [1.165, 1.54) is 23.3 Å². The van der Waals surface area contributed by atoms with E-state index in [0.717, 1.165) is 12.8 Å². The highest BCUT2D eigenvalue weighted by molar-refractivity contribution is 5.98. The minimum Gasteiger partial charge on any atom is -0.295 e. The first-order chi connectivity index (χ1) is 8.41. The molecule has 0 saturated carbocycles. The Labute approximate surface area is 110 Å². The monoisotopic (exact) mass is 248 g/mol. The highest BCUT2D eigenvalue weighted by atomic mass is 16.1. The van der Waals surface area contributed by atoms with Crippen LogP contribution in [0.3, 0.4) is 0 Å². The van der Waals surface area contributed by atoms with Crippen LogP contribution >= 0.6 is 0 Å². The van der Waals surface area contributed by atoms with Crippen molar-refractivity contribution in [3.63, 3.8) is 0 Å². The minimum atomic E-state index is 0.0167. The molecule has 2 nitrogen and oxygen atoms in total. The van der Waals surface area contributed by atoms with Gasteiger partial charge in [-0.05, 0) is 52.7 Å². The van der Waals surface area contributed by atoms with Gasteiger partial charge in [-0.15, -0.1) is 0 Å². The molecular weight excluding hydrogens is 224 g/mol. The number of rotatable bonds is 8. The van der Waals surface area contributed by atoms with Crippen molar-refractivity contribution in [1.29, 1.82) is 0 Å². The first-order valence-electron chi connectivity index (χ1n) is 6.42. The van der Waals surface area contributed by atoms with Gasteiger partial charge in [0.05, 0.1) is 0 Å². The van der Waals surface area contributed by atoms with Crippen LogP contribution in [0.4, 0.5) is 0 Å². The molecule has 0 aromatic carbocycles. The van der Waals surface area contributed by atoms with E-state index in [2.05, 4.69) is 0 Å². The molecule has 0 radical (unpaired) electrons. The van der Waals surface area contributed by atoms with Crippen LogP contribution in [-0.2, 0) is 9.59 Å². The smallest absolute Gasteiger partial charge is 0.156 e. The standard InChI is InChI=1S/C16H24O2/c1-13(2)7-5-9-15(17)11-12-16(18)10-6-8-14(3)4/h7-8,11-12H,5-6,9-10H2,1-4H3/b12-11+. The van der Waals surface area contributed by atoms with E-state index in [4.69, 9.17) is 0 Å². The number of allylic oxidation sites excluding steroid dienone is 6. The first kappa shape index (κ1) is 16.6. The second kappa shape index (κ2) is 9.58. The van der Waals surface area contributed by atoms with Gasteiger partial charge in [0.15, 0.2) is 11.6 Å².